The third kappa shape index (κ3) is 5.15. The normalized spacial score (nSPS) is 11.9. The molecule has 1 aromatic carbocycles. The Balaban J connectivity index is 2.29. The Labute approximate surface area is 145 Å². The zero-order valence-corrected chi connectivity index (χ0v) is 14.0. The van der Waals surface area contributed by atoms with Crippen LogP contribution in [0, 0.1) is 5.82 Å². The zero-order valence-electron chi connectivity index (χ0n) is 13.2. The van der Waals surface area contributed by atoms with E-state index in [2.05, 4.69) is 15.0 Å². The number of carbonyl (C=O) groups excluding carboxylic acids is 1. The summed E-state index contributed by atoms with van der Waals surface area (Å²) in [7, 11) is -3.66. The first-order valence-electron chi connectivity index (χ1n) is 6.93. The van der Waals surface area contributed by atoms with Gasteiger partial charge in [0.1, 0.15) is 11.4 Å². The van der Waals surface area contributed by atoms with Gasteiger partial charge >= 0.3 is 6.18 Å². The Morgan fingerprint density at radius 2 is 1.96 bits per heavy atom. The van der Waals surface area contributed by atoms with Gasteiger partial charge in [-0.25, -0.2) is 17.8 Å². The first-order chi connectivity index (χ1) is 12.0. The van der Waals surface area contributed by atoms with Crippen molar-refractivity contribution in [2.45, 2.75) is 11.1 Å². The molecule has 1 heterocycles. The van der Waals surface area contributed by atoms with Crippen molar-refractivity contribution in [3.63, 3.8) is 0 Å². The number of sulfone groups is 1. The Morgan fingerprint density at radius 1 is 1.27 bits per heavy atom. The molecular weight excluding hydrogens is 380 g/mol. The predicted octanol–water partition coefficient (Wildman–Crippen LogP) is 2.82. The predicted molar refractivity (Wildman–Crippen MR) is 83.3 cm³/mol. The lowest BCUT2D eigenvalue weighted by Gasteiger charge is -2.12. The van der Waals surface area contributed by atoms with Gasteiger partial charge in [0.15, 0.2) is 16.4 Å². The number of ether oxygens (including phenoxy) is 1. The number of carbonyl (C=O) groups is 1. The molecule has 0 aliphatic rings. The summed E-state index contributed by atoms with van der Waals surface area (Å²) >= 11 is 0. The molecule has 0 radical (unpaired) electrons. The van der Waals surface area contributed by atoms with Gasteiger partial charge in [-0.1, -0.05) is 0 Å². The van der Waals surface area contributed by atoms with Crippen LogP contribution in [0.5, 0.6) is 5.88 Å². The van der Waals surface area contributed by atoms with Crippen LogP contribution in [0.25, 0.3) is 0 Å². The maximum atomic E-state index is 13.8. The lowest BCUT2D eigenvalue weighted by Crippen LogP contribution is -2.22. The summed E-state index contributed by atoms with van der Waals surface area (Å²) in [5.74, 6) is -2.53. The average molecular weight is 392 g/mol. The summed E-state index contributed by atoms with van der Waals surface area (Å²) in [6, 6.07) is 5.17. The van der Waals surface area contributed by atoms with Crippen molar-refractivity contribution in [1.82, 2.24) is 4.98 Å². The number of benzene rings is 1. The highest BCUT2D eigenvalue weighted by atomic mass is 32.2. The summed E-state index contributed by atoms with van der Waals surface area (Å²) in [5, 5.41) is 2.10. The molecule has 140 valence electrons. The van der Waals surface area contributed by atoms with E-state index < -0.39 is 45.9 Å². The number of halogens is 4. The number of pyridine rings is 1. The van der Waals surface area contributed by atoms with Crippen molar-refractivity contribution in [3.8, 4) is 5.88 Å². The fourth-order valence-electron chi connectivity index (χ4n) is 1.85. The third-order valence-corrected chi connectivity index (χ3v) is 4.11. The maximum Gasteiger partial charge on any atom is 0.422 e. The number of alkyl halides is 3. The molecule has 2 rings (SSSR count). The van der Waals surface area contributed by atoms with E-state index in [-0.39, 0.29) is 10.5 Å². The Bertz CT molecular complexity index is 929. The fourth-order valence-corrected chi connectivity index (χ4v) is 2.50. The highest BCUT2D eigenvalue weighted by Crippen LogP contribution is 2.23. The van der Waals surface area contributed by atoms with E-state index in [0.29, 0.717) is 0 Å². The van der Waals surface area contributed by atoms with Gasteiger partial charge in [-0.05, 0) is 30.3 Å². The molecule has 6 nitrogen and oxygen atoms in total. The van der Waals surface area contributed by atoms with Crippen LogP contribution in [0.1, 0.15) is 10.4 Å². The molecule has 0 aliphatic carbocycles. The van der Waals surface area contributed by atoms with Crippen molar-refractivity contribution < 1.29 is 35.5 Å². The molecule has 0 spiro atoms. The second kappa shape index (κ2) is 7.28. The largest absolute Gasteiger partial charge is 0.467 e. The molecule has 0 atom stereocenters. The number of hydrogen-bond donors (Lipinski definition) is 1. The van der Waals surface area contributed by atoms with Crippen LogP contribution in [0.4, 0.5) is 23.2 Å². The molecule has 2 aromatic rings. The van der Waals surface area contributed by atoms with Gasteiger partial charge in [-0.3, -0.25) is 4.79 Å². The van der Waals surface area contributed by atoms with Gasteiger partial charge in [0, 0.05) is 12.5 Å². The number of nitrogens with one attached hydrogen (secondary N) is 1. The van der Waals surface area contributed by atoms with E-state index in [1.807, 2.05) is 0 Å². The minimum atomic E-state index is -4.64. The van der Waals surface area contributed by atoms with Crippen molar-refractivity contribution in [1.29, 1.82) is 0 Å². The molecule has 0 aliphatic heterocycles. The van der Waals surface area contributed by atoms with Gasteiger partial charge in [-0.15, -0.1) is 0 Å². The Hall–Kier alpha value is -2.69. The van der Waals surface area contributed by atoms with Crippen LogP contribution in [0.3, 0.4) is 0 Å². The SMILES string of the molecule is CS(=O)(=O)c1ccc(F)c(NC(=O)c2cccnc2OCC(F)(F)F)c1. The number of hydrogen-bond acceptors (Lipinski definition) is 5. The summed E-state index contributed by atoms with van der Waals surface area (Å²) in [4.78, 5) is 15.6. The summed E-state index contributed by atoms with van der Waals surface area (Å²) in [6.45, 7) is -1.66. The summed E-state index contributed by atoms with van der Waals surface area (Å²) in [5.41, 5.74) is -0.829. The zero-order chi connectivity index (χ0) is 19.5. The summed E-state index contributed by atoms with van der Waals surface area (Å²) < 4.78 is 78.2. The van der Waals surface area contributed by atoms with E-state index in [1.165, 1.54) is 6.07 Å². The molecule has 0 fully saturated rings. The van der Waals surface area contributed by atoms with Crippen molar-refractivity contribution in [2.75, 3.05) is 18.2 Å². The molecule has 1 aromatic heterocycles. The number of nitrogens with zero attached hydrogens (tertiary/aromatic N) is 1. The van der Waals surface area contributed by atoms with E-state index in [1.54, 1.807) is 0 Å². The standard InChI is InChI=1S/C15H12F4N2O4S/c1-26(23,24)9-4-5-11(16)12(7-9)21-13(22)10-3-2-6-20-14(10)25-8-15(17,18)19/h2-7H,8H2,1H3,(H,21,22). The summed E-state index contributed by atoms with van der Waals surface area (Å²) in [6.07, 6.45) is -2.62. The van der Waals surface area contributed by atoms with Crippen molar-refractivity contribution in [3.05, 3.63) is 47.9 Å². The highest BCUT2D eigenvalue weighted by Gasteiger charge is 2.29. The quantitative estimate of drug-likeness (QED) is 0.625. The second-order valence-corrected chi connectivity index (χ2v) is 7.14. The maximum absolute atomic E-state index is 13.8. The molecule has 0 saturated carbocycles. The molecular formula is C15H12F4N2O4S. The van der Waals surface area contributed by atoms with Crippen molar-refractivity contribution >= 4 is 21.4 Å². The lowest BCUT2D eigenvalue weighted by atomic mass is 10.2. The van der Waals surface area contributed by atoms with E-state index in [9.17, 15) is 30.8 Å². The van der Waals surface area contributed by atoms with Crippen LogP contribution in [-0.2, 0) is 9.84 Å². The van der Waals surface area contributed by atoms with Crippen LogP contribution in [0.15, 0.2) is 41.4 Å². The van der Waals surface area contributed by atoms with E-state index >= 15 is 0 Å². The van der Waals surface area contributed by atoms with Crippen molar-refractivity contribution in [2.24, 2.45) is 0 Å². The van der Waals surface area contributed by atoms with Crippen LogP contribution >= 0.6 is 0 Å². The third-order valence-electron chi connectivity index (χ3n) is 3.00. The fraction of sp³-hybridized carbons (Fsp3) is 0.200. The molecule has 0 unspecified atom stereocenters. The number of anilines is 1. The second-order valence-electron chi connectivity index (χ2n) is 5.13. The molecule has 26 heavy (non-hydrogen) atoms. The topological polar surface area (TPSA) is 85.4 Å². The van der Waals surface area contributed by atoms with E-state index in [0.717, 1.165) is 36.7 Å². The first-order valence-corrected chi connectivity index (χ1v) is 8.82. The van der Waals surface area contributed by atoms with E-state index in [4.69, 9.17) is 0 Å². The molecule has 1 amide bonds. The van der Waals surface area contributed by atoms with Crippen LogP contribution in [-0.4, -0.2) is 38.3 Å². The average Bonchev–Trinajstić information content (AvgIpc) is 2.53. The molecule has 1 N–H and O–H groups in total. The number of rotatable bonds is 5. The number of aromatic nitrogens is 1. The molecule has 0 bridgehead atoms. The number of amides is 1. The monoisotopic (exact) mass is 392 g/mol. The Kier molecular flexibility index (Phi) is 5.50. The van der Waals surface area contributed by atoms with Gasteiger partial charge in [0.05, 0.1) is 10.6 Å². The minimum Gasteiger partial charge on any atom is -0.467 e. The van der Waals surface area contributed by atoms with Crippen LogP contribution < -0.4 is 10.1 Å². The lowest BCUT2D eigenvalue weighted by molar-refractivity contribution is -0.154. The highest BCUT2D eigenvalue weighted by molar-refractivity contribution is 7.90. The van der Waals surface area contributed by atoms with Crippen LogP contribution in [0.2, 0.25) is 0 Å². The Morgan fingerprint density at radius 3 is 2.58 bits per heavy atom. The first kappa shape index (κ1) is 19.6. The van der Waals surface area contributed by atoms with Gasteiger partial charge in [0.2, 0.25) is 5.88 Å². The molecule has 0 saturated heterocycles. The molecule has 11 heteroatoms. The smallest absolute Gasteiger partial charge is 0.422 e. The minimum absolute atomic E-state index is 0.242. The van der Waals surface area contributed by atoms with Gasteiger partial charge in [0.25, 0.3) is 5.91 Å². The van der Waals surface area contributed by atoms with Gasteiger partial charge in [-0.2, -0.15) is 13.2 Å². The van der Waals surface area contributed by atoms with Gasteiger partial charge < -0.3 is 10.1 Å².